The Hall–Kier alpha value is -2.47. The van der Waals surface area contributed by atoms with Gasteiger partial charge in [0.25, 0.3) is 0 Å². The molecule has 6 heteroatoms. The summed E-state index contributed by atoms with van der Waals surface area (Å²) in [4.78, 5) is 26.0. The van der Waals surface area contributed by atoms with Crippen LogP contribution in [0.4, 0.5) is 5.82 Å². The molecule has 148 valence electrons. The van der Waals surface area contributed by atoms with E-state index in [1.165, 1.54) is 5.56 Å². The van der Waals surface area contributed by atoms with Gasteiger partial charge in [0.1, 0.15) is 5.82 Å². The number of carbonyl (C=O) groups excluding carboxylic acids is 1. The fraction of sp³-hybridized carbons (Fsp3) is 0.500. The van der Waals surface area contributed by atoms with Gasteiger partial charge in [0, 0.05) is 51.2 Å². The molecule has 1 atom stereocenters. The van der Waals surface area contributed by atoms with Crippen molar-refractivity contribution in [1.82, 2.24) is 20.2 Å². The number of anilines is 1. The highest BCUT2D eigenvalue weighted by atomic mass is 16.2. The molecule has 1 amide bonds. The molecule has 1 N–H and O–H groups in total. The molecule has 6 nitrogen and oxygen atoms in total. The molecule has 0 saturated carbocycles. The molecule has 0 unspecified atom stereocenters. The molecule has 2 aliphatic heterocycles. The summed E-state index contributed by atoms with van der Waals surface area (Å²) in [6.07, 6.45) is 9.20. The summed E-state index contributed by atoms with van der Waals surface area (Å²) < 4.78 is 0. The van der Waals surface area contributed by atoms with E-state index in [0.717, 1.165) is 64.2 Å². The van der Waals surface area contributed by atoms with Crippen LogP contribution >= 0.6 is 0 Å². The summed E-state index contributed by atoms with van der Waals surface area (Å²) in [5.74, 6) is 1.11. The number of hydrogen-bond donors (Lipinski definition) is 1. The fourth-order valence-corrected chi connectivity index (χ4v) is 4.25. The summed E-state index contributed by atoms with van der Waals surface area (Å²) in [6, 6.07) is 10.9. The molecular formula is C22H29N5O. The Balaban J connectivity index is 1.24. The average molecular weight is 380 g/mol. The predicted octanol–water partition coefficient (Wildman–Crippen LogP) is 2.47. The fourth-order valence-electron chi connectivity index (χ4n) is 4.25. The number of likely N-dealkylation sites (tertiary alicyclic amines) is 1. The van der Waals surface area contributed by atoms with Crippen molar-refractivity contribution in [3.63, 3.8) is 0 Å². The monoisotopic (exact) mass is 379 g/mol. The quantitative estimate of drug-likeness (QED) is 0.865. The molecule has 4 rings (SSSR count). The van der Waals surface area contributed by atoms with Crippen LogP contribution in [-0.4, -0.2) is 53.0 Å². The molecular weight excluding hydrogens is 350 g/mol. The van der Waals surface area contributed by atoms with Gasteiger partial charge in [-0.3, -0.25) is 14.7 Å². The van der Waals surface area contributed by atoms with Crippen molar-refractivity contribution in [3.05, 3.63) is 54.5 Å². The molecule has 1 aromatic carbocycles. The van der Waals surface area contributed by atoms with Crippen LogP contribution in [0.3, 0.4) is 0 Å². The number of amides is 1. The zero-order valence-corrected chi connectivity index (χ0v) is 16.3. The first-order valence-corrected chi connectivity index (χ1v) is 10.4. The van der Waals surface area contributed by atoms with Gasteiger partial charge in [-0.25, -0.2) is 4.98 Å². The number of hydrogen-bond acceptors (Lipinski definition) is 5. The molecule has 28 heavy (non-hydrogen) atoms. The summed E-state index contributed by atoms with van der Waals surface area (Å²) in [6.45, 7) is 4.75. The second-order valence-electron chi connectivity index (χ2n) is 7.89. The van der Waals surface area contributed by atoms with Crippen LogP contribution in [0.1, 0.15) is 31.2 Å². The molecule has 0 radical (unpaired) electrons. The number of piperidine rings is 2. The van der Waals surface area contributed by atoms with Gasteiger partial charge in [0.15, 0.2) is 0 Å². The largest absolute Gasteiger partial charge is 0.355 e. The van der Waals surface area contributed by atoms with Gasteiger partial charge in [-0.15, -0.1) is 0 Å². The van der Waals surface area contributed by atoms with Crippen LogP contribution in [0, 0.1) is 5.92 Å². The summed E-state index contributed by atoms with van der Waals surface area (Å²) >= 11 is 0. The van der Waals surface area contributed by atoms with Crippen LogP contribution in [-0.2, 0) is 11.3 Å². The second kappa shape index (κ2) is 9.15. The third-order valence-corrected chi connectivity index (χ3v) is 5.85. The second-order valence-corrected chi connectivity index (χ2v) is 7.89. The van der Waals surface area contributed by atoms with Gasteiger partial charge in [-0.2, -0.15) is 0 Å². The minimum atomic E-state index is 0.0399. The zero-order valence-electron chi connectivity index (χ0n) is 16.3. The van der Waals surface area contributed by atoms with Crippen LogP contribution in [0.2, 0.25) is 0 Å². The van der Waals surface area contributed by atoms with E-state index in [1.807, 2.05) is 0 Å². The van der Waals surface area contributed by atoms with Crippen LogP contribution in [0.25, 0.3) is 0 Å². The first-order valence-electron chi connectivity index (χ1n) is 10.4. The van der Waals surface area contributed by atoms with Crippen molar-refractivity contribution in [2.45, 2.75) is 38.3 Å². The van der Waals surface area contributed by atoms with Crippen molar-refractivity contribution < 1.29 is 4.79 Å². The Morgan fingerprint density at radius 3 is 2.64 bits per heavy atom. The Morgan fingerprint density at radius 2 is 1.89 bits per heavy atom. The standard InChI is InChI=1S/C22H29N5O/c28-22(19-7-4-12-27(17-19)21-15-23-10-11-24-21)25-20-8-13-26(14-9-20)16-18-5-2-1-3-6-18/h1-3,5-6,10-11,15,19-20H,4,7-9,12-14,16-17H2,(H,25,28)/t19-/m1/s1. The highest BCUT2D eigenvalue weighted by Crippen LogP contribution is 2.22. The molecule has 2 aliphatic rings. The molecule has 1 aromatic heterocycles. The normalized spacial score (nSPS) is 21.4. The highest BCUT2D eigenvalue weighted by Gasteiger charge is 2.29. The molecule has 3 heterocycles. The topological polar surface area (TPSA) is 61.4 Å². The Labute approximate surface area is 167 Å². The Kier molecular flexibility index (Phi) is 6.17. The number of benzene rings is 1. The Bertz CT molecular complexity index is 746. The lowest BCUT2D eigenvalue weighted by Crippen LogP contribution is -2.49. The molecule has 2 saturated heterocycles. The van der Waals surface area contributed by atoms with E-state index >= 15 is 0 Å². The number of nitrogens with zero attached hydrogens (tertiary/aromatic N) is 4. The van der Waals surface area contributed by atoms with E-state index in [9.17, 15) is 4.79 Å². The SMILES string of the molecule is O=C(NC1CCN(Cc2ccccc2)CC1)[C@@H]1CCCN(c2cnccn2)C1. The van der Waals surface area contributed by atoms with Crippen molar-refractivity contribution in [3.8, 4) is 0 Å². The van der Waals surface area contributed by atoms with E-state index in [4.69, 9.17) is 0 Å². The van der Waals surface area contributed by atoms with Gasteiger partial charge in [-0.1, -0.05) is 30.3 Å². The lowest BCUT2D eigenvalue weighted by Gasteiger charge is -2.35. The van der Waals surface area contributed by atoms with Crippen molar-refractivity contribution in [2.24, 2.45) is 5.92 Å². The average Bonchev–Trinajstić information content (AvgIpc) is 2.76. The van der Waals surface area contributed by atoms with Crippen molar-refractivity contribution in [2.75, 3.05) is 31.1 Å². The van der Waals surface area contributed by atoms with E-state index < -0.39 is 0 Å². The molecule has 0 spiro atoms. The van der Waals surface area contributed by atoms with Gasteiger partial charge in [-0.05, 0) is 31.2 Å². The maximum absolute atomic E-state index is 12.8. The van der Waals surface area contributed by atoms with Gasteiger partial charge in [0.2, 0.25) is 5.91 Å². The Morgan fingerprint density at radius 1 is 1.07 bits per heavy atom. The number of aromatic nitrogens is 2. The number of nitrogens with one attached hydrogen (secondary N) is 1. The molecule has 2 fully saturated rings. The van der Waals surface area contributed by atoms with E-state index in [2.05, 4.69) is 55.4 Å². The first kappa shape index (κ1) is 18.9. The van der Waals surface area contributed by atoms with E-state index in [-0.39, 0.29) is 11.8 Å². The lowest BCUT2D eigenvalue weighted by molar-refractivity contribution is -0.126. The minimum Gasteiger partial charge on any atom is -0.355 e. The first-order chi connectivity index (χ1) is 13.8. The van der Waals surface area contributed by atoms with Crippen LogP contribution in [0.15, 0.2) is 48.9 Å². The molecule has 0 aliphatic carbocycles. The summed E-state index contributed by atoms with van der Waals surface area (Å²) in [5.41, 5.74) is 1.36. The van der Waals surface area contributed by atoms with Crippen LogP contribution < -0.4 is 10.2 Å². The summed E-state index contributed by atoms with van der Waals surface area (Å²) in [5, 5.41) is 3.32. The number of rotatable bonds is 5. The zero-order chi connectivity index (χ0) is 19.2. The smallest absolute Gasteiger partial charge is 0.225 e. The summed E-state index contributed by atoms with van der Waals surface area (Å²) in [7, 11) is 0. The van der Waals surface area contributed by atoms with Gasteiger partial charge >= 0.3 is 0 Å². The highest BCUT2D eigenvalue weighted by molar-refractivity contribution is 5.79. The minimum absolute atomic E-state index is 0.0399. The number of carbonyl (C=O) groups is 1. The third kappa shape index (κ3) is 4.87. The maximum atomic E-state index is 12.8. The maximum Gasteiger partial charge on any atom is 0.225 e. The van der Waals surface area contributed by atoms with E-state index in [0.29, 0.717) is 6.04 Å². The lowest BCUT2D eigenvalue weighted by atomic mass is 9.95. The van der Waals surface area contributed by atoms with Gasteiger partial charge < -0.3 is 10.2 Å². The molecule has 0 bridgehead atoms. The van der Waals surface area contributed by atoms with E-state index in [1.54, 1.807) is 18.6 Å². The third-order valence-electron chi connectivity index (χ3n) is 5.85. The van der Waals surface area contributed by atoms with Crippen molar-refractivity contribution >= 4 is 11.7 Å². The van der Waals surface area contributed by atoms with Gasteiger partial charge in [0.05, 0.1) is 12.1 Å². The molecule has 2 aromatic rings. The predicted molar refractivity (Wildman–Crippen MR) is 110 cm³/mol. The van der Waals surface area contributed by atoms with Crippen molar-refractivity contribution in [1.29, 1.82) is 0 Å². The van der Waals surface area contributed by atoms with Crippen LogP contribution in [0.5, 0.6) is 0 Å².